The van der Waals surface area contributed by atoms with Gasteiger partial charge in [-0.05, 0) is 43.9 Å². The predicted octanol–water partition coefficient (Wildman–Crippen LogP) is 2.44. The zero-order valence-corrected chi connectivity index (χ0v) is 15.2. The maximum Gasteiger partial charge on any atom is 0.288 e. The minimum atomic E-state index is -0.349. The van der Waals surface area contributed by atoms with Crippen LogP contribution < -0.4 is 15.8 Å². The number of anilines is 1. The predicted molar refractivity (Wildman–Crippen MR) is 104 cm³/mol. The van der Waals surface area contributed by atoms with Crippen molar-refractivity contribution >= 4 is 23.3 Å². The van der Waals surface area contributed by atoms with Crippen LogP contribution >= 0.6 is 0 Å². The van der Waals surface area contributed by atoms with Crippen LogP contribution in [0, 0.1) is 6.92 Å². The molecular formula is C21H22N4O2. The molecule has 0 atom stereocenters. The van der Waals surface area contributed by atoms with E-state index in [9.17, 15) is 9.59 Å². The summed E-state index contributed by atoms with van der Waals surface area (Å²) in [5, 5.41) is 4.53. The molecule has 4 rings (SSSR count). The molecule has 0 bridgehead atoms. The number of aliphatic imine (C=N–C) groups is 1. The van der Waals surface area contributed by atoms with E-state index in [0.717, 1.165) is 30.4 Å². The minimum absolute atomic E-state index is 0.0536. The van der Waals surface area contributed by atoms with Gasteiger partial charge >= 0.3 is 0 Å². The lowest BCUT2D eigenvalue weighted by Crippen LogP contribution is -2.60. The lowest BCUT2D eigenvalue weighted by molar-refractivity contribution is -0.119. The van der Waals surface area contributed by atoms with E-state index in [-0.39, 0.29) is 29.7 Å². The summed E-state index contributed by atoms with van der Waals surface area (Å²) < 4.78 is 0. The van der Waals surface area contributed by atoms with Crippen molar-refractivity contribution in [1.82, 2.24) is 10.7 Å². The summed E-state index contributed by atoms with van der Waals surface area (Å²) >= 11 is 0. The van der Waals surface area contributed by atoms with Crippen molar-refractivity contribution in [1.29, 1.82) is 0 Å². The van der Waals surface area contributed by atoms with Crippen LogP contribution in [0.25, 0.3) is 0 Å². The SMILES string of the molecule is Cc1ccc(N2NC(C(=O)NC3(c4ccccc4)CCC3)=NCC2=O)cc1. The molecule has 138 valence electrons. The van der Waals surface area contributed by atoms with Gasteiger partial charge in [0.25, 0.3) is 11.8 Å². The summed E-state index contributed by atoms with van der Waals surface area (Å²) in [4.78, 5) is 29.3. The average Bonchev–Trinajstić information content (AvgIpc) is 2.66. The molecule has 1 saturated carbocycles. The Morgan fingerprint density at radius 2 is 1.81 bits per heavy atom. The first-order valence-corrected chi connectivity index (χ1v) is 9.16. The van der Waals surface area contributed by atoms with E-state index < -0.39 is 0 Å². The van der Waals surface area contributed by atoms with E-state index in [2.05, 4.69) is 15.7 Å². The molecule has 2 aliphatic rings. The van der Waals surface area contributed by atoms with Gasteiger partial charge in [0.1, 0.15) is 6.54 Å². The fraction of sp³-hybridized carbons (Fsp3) is 0.286. The maximum absolute atomic E-state index is 12.9. The summed E-state index contributed by atoms with van der Waals surface area (Å²) in [6.07, 6.45) is 2.87. The molecule has 1 aliphatic carbocycles. The van der Waals surface area contributed by atoms with Crippen molar-refractivity contribution in [3.8, 4) is 0 Å². The number of hydrazine groups is 1. The zero-order chi connectivity index (χ0) is 18.9. The number of benzene rings is 2. The third-order valence-corrected chi connectivity index (χ3v) is 5.23. The average molecular weight is 362 g/mol. The van der Waals surface area contributed by atoms with Crippen LogP contribution in [0.4, 0.5) is 5.69 Å². The Morgan fingerprint density at radius 1 is 1.11 bits per heavy atom. The van der Waals surface area contributed by atoms with Crippen LogP contribution in [0.5, 0.6) is 0 Å². The van der Waals surface area contributed by atoms with E-state index in [1.807, 2.05) is 61.5 Å². The van der Waals surface area contributed by atoms with E-state index >= 15 is 0 Å². The number of amidine groups is 1. The lowest BCUT2D eigenvalue weighted by atomic mass is 9.72. The van der Waals surface area contributed by atoms with E-state index in [0.29, 0.717) is 5.69 Å². The van der Waals surface area contributed by atoms with Crippen LogP contribution in [0.2, 0.25) is 0 Å². The molecule has 0 unspecified atom stereocenters. The highest BCUT2D eigenvalue weighted by Gasteiger charge is 2.41. The number of carbonyl (C=O) groups is 2. The van der Waals surface area contributed by atoms with Gasteiger partial charge in [-0.3, -0.25) is 20.0 Å². The van der Waals surface area contributed by atoms with Crippen molar-refractivity contribution in [3.63, 3.8) is 0 Å². The van der Waals surface area contributed by atoms with E-state index in [1.165, 1.54) is 5.01 Å². The summed E-state index contributed by atoms with van der Waals surface area (Å²) in [5.74, 6) is -0.322. The van der Waals surface area contributed by atoms with E-state index in [4.69, 9.17) is 0 Å². The Morgan fingerprint density at radius 3 is 2.44 bits per heavy atom. The molecule has 6 nitrogen and oxygen atoms in total. The highest BCUT2D eigenvalue weighted by molar-refractivity contribution is 6.39. The molecule has 2 aromatic rings. The second kappa shape index (κ2) is 6.87. The molecule has 1 aliphatic heterocycles. The van der Waals surface area contributed by atoms with Crippen molar-refractivity contribution in [2.75, 3.05) is 11.6 Å². The summed E-state index contributed by atoms with van der Waals surface area (Å²) in [6.45, 7) is 1.93. The van der Waals surface area contributed by atoms with Crippen molar-refractivity contribution in [2.45, 2.75) is 31.7 Å². The van der Waals surface area contributed by atoms with Gasteiger partial charge in [-0.1, -0.05) is 48.0 Å². The number of amides is 2. The van der Waals surface area contributed by atoms with Crippen LogP contribution in [0.15, 0.2) is 59.6 Å². The van der Waals surface area contributed by atoms with Crippen LogP contribution in [0.1, 0.15) is 30.4 Å². The standard InChI is InChI=1S/C21H22N4O2/c1-15-8-10-17(11-9-15)25-18(26)14-22-19(24-25)20(27)23-21(12-5-13-21)16-6-3-2-4-7-16/h2-4,6-11H,5,12-14H2,1H3,(H,22,24)(H,23,27). The fourth-order valence-electron chi connectivity index (χ4n) is 3.50. The van der Waals surface area contributed by atoms with Gasteiger partial charge in [0, 0.05) is 0 Å². The largest absolute Gasteiger partial charge is 0.340 e. The molecule has 2 N–H and O–H groups in total. The molecule has 0 spiro atoms. The first-order chi connectivity index (χ1) is 13.1. The van der Waals surface area contributed by atoms with Gasteiger partial charge in [0.05, 0.1) is 11.2 Å². The number of hydrogen-bond donors (Lipinski definition) is 2. The van der Waals surface area contributed by atoms with Crippen molar-refractivity contribution < 1.29 is 9.59 Å². The second-order valence-electron chi connectivity index (χ2n) is 7.10. The first kappa shape index (κ1) is 17.3. The minimum Gasteiger partial charge on any atom is -0.340 e. The molecule has 1 heterocycles. The molecule has 1 fully saturated rings. The Bertz CT molecular complexity index is 886. The Kier molecular flexibility index (Phi) is 4.39. The number of rotatable bonds is 4. The number of carbonyl (C=O) groups excluding carboxylic acids is 2. The monoisotopic (exact) mass is 362 g/mol. The van der Waals surface area contributed by atoms with E-state index in [1.54, 1.807) is 0 Å². The van der Waals surface area contributed by atoms with Crippen molar-refractivity contribution in [3.05, 3.63) is 65.7 Å². The Balaban J connectivity index is 1.52. The highest BCUT2D eigenvalue weighted by Crippen LogP contribution is 2.41. The van der Waals surface area contributed by atoms with Crippen LogP contribution in [0.3, 0.4) is 0 Å². The Hall–Kier alpha value is -3.15. The van der Waals surface area contributed by atoms with Gasteiger partial charge in [-0.15, -0.1) is 0 Å². The number of aryl methyl sites for hydroxylation is 1. The third-order valence-electron chi connectivity index (χ3n) is 5.23. The van der Waals surface area contributed by atoms with Crippen LogP contribution in [-0.4, -0.2) is 24.2 Å². The molecule has 0 saturated heterocycles. The summed E-state index contributed by atoms with van der Waals surface area (Å²) in [6, 6.07) is 17.6. The summed E-state index contributed by atoms with van der Waals surface area (Å²) in [7, 11) is 0. The molecule has 27 heavy (non-hydrogen) atoms. The van der Waals surface area contributed by atoms with Gasteiger partial charge < -0.3 is 5.32 Å². The normalized spacial score (nSPS) is 18.2. The topological polar surface area (TPSA) is 73.8 Å². The van der Waals surface area contributed by atoms with Gasteiger partial charge in [-0.2, -0.15) is 0 Å². The molecule has 2 aromatic carbocycles. The molecule has 0 radical (unpaired) electrons. The van der Waals surface area contributed by atoms with Crippen molar-refractivity contribution in [2.24, 2.45) is 4.99 Å². The molecule has 6 heteroatoms. The summed E-state index contributed by atoms with van der Waals surface area (Å²) in [5.41, 5.74) is 5.43. The zero-order valence-electron chi connectivity index (χ0n) is 15.2. The number of nitrogens with one attached hydrogen (secondary N) is 2. The fourth-order valence-corrected chi connectivity index (χ4v) is 3.50. The second-order valence-corrected chi connectivity index (χ2v) is 7.10. The first-order valence-electron chi connectivity index (χ1n) is 9.16. The lowest BCUT2D eigenvalue weighted by Gasteiger charge is -2.43. The van der Waals surface area contributed by atoms with Gasteiger partial charge in [0.15, 0.2) is 0 Å². The maximum atomic E-state index is 12.9. The molecule has 0 aromatic heterocycles. The smallest absolute Gasteiger partial charge is 0.288 e. The molecule has 2 amide bonds. The van der Waals surface area contributed by atoms with Gasteiger partial charge in [-0.25, -0.2) is 5.01 Å². The highest BCUT2D eigenvalue weighted by atomic mass is 16.2. The van der Waals surface area contributed by atoms with Crippen LogP contribution in [-0.2, 0) is 15.1 Å². The third kappa shape index (κ3) is 3.30. The number of nitrogens with zero attached hydrogens (tertiary/aromatic N) is 2. The number of hydrogen-bond acceptors (Lipinski definition) is 4. The van der Waals surface area contributed by atoms with Gasteiger partial charge in [0.2, 0.25) is 5.84 Å². The Labute approximate surface area is 158 Å². The molecular weight excluding hydrogens is 340 g/mol. The quantitative estimate of drug-likeness (QED) is 0.877.